The minimum absolute atomic E-state index is 0.0731. The average Bonchev–Trinajstić information content (AvgIpc) is 2.57. The van der Waals surface area contributed by atoms with Gasteiger partial charge in [0.1, 0.15) is 5.69 Å². The molecule has 1 aliphatic rings. The highest BCUT2D eigenvalue weighted by Crippen LogP contribution is 2.17. The van der Waals surface area contributed by atoms with E-state index in [4.69, 9.17) is 0 Å². The number of hydrogen-bond acceptors (Lipinski definition) is 3. The summed E-state index contributed by atoms with van der Waals surface area (Å²) in [5.41, 5.74) is 1.81. The van der Waals surface area contributed by atoms with Gasteiger partial charge in [-0.05, 0) is 42.7 Å². The van der Waals surface area contributed by atoms with Crippen LogP contribution in [0.3, 0.4) is 0 Å². The van der Waals surface area contributed by atoms with E-state index in [0.29, 0.717) is 5.69 Å². The number of aromatic nitrogens is 1. The van der Waals surface area contributed by atoms with Gasteiger partial charge in [0.25, 0.3) is 5.91 Å². The number of piperidine rings is 1. The van der Waals surface area contributed by atoms with E-state index in [2.05, 4.69) is 49.3 Å². The van der Waals surface area contributed by atoms with E-state index in [1.54, 1.807) is 12.3 Å². The van der Waals surface area contributed by atoms with Gasteiger partial charge < -0.3 is 5.32 Å². The van der Waals surface area contributed by atoms with E-state index in [0.717, 1.165) is 36.9 Å². The van der Waals surface area contributed by atoms with E-state index in [1.807, 2.05) is 18.2 Å². The molecule has 0 unspecified atom stereocenters. The largest absolute Gasteiger partial charge is 0.348 e. The molecule has 5 heteroatoms. The zero-order chi connectivity index (χ0) is 16.1. The van der Waals surface area contributed by atoms with Gasteiger partial charge in [-0.2, -0.15) is 0 Å². The van der Waals surface area contributed by atoms with Crippen molar-refractivity contribution >= 4 is 21.8 Å². The first-order chi connectivity index (χ1) is 11.2. The van der Waals surface area contributed by atoms with Crippen molar-refractivity contribution in [2.75, 3.05) is 13.1 Å². The summed E-state index contributed by atoms with van der Waals surface area (Å²) >= 11 is 3.51. The second kappa shape index (κ2) is 7.70. The van der Waals surface area contributed by atoms with E-state index < -0.39 is 0 Å². The van der Waals surface area contributed by atoms with E-state index in [1.165, 1.54) is 5.56 Å². The van der Waals surface area contributed by atoms with Gasteiger partial charge in [0.15, 0.2) is 0 Å². The monoisotopic (exact) mass is 373 g/mol. The van der Waals surface area contributed by atoms with Crippen LogP contribution < -0.4 is 5.32 Å². The Bertz CT molecular complexity index is 654. The maximum absolute atomic E-state index is 12.1. The van der Waals surface area contributed by atoms with Crippen molar-refractivity contribution in [1.29, 1.82) is 0 Å². The predicted octanol–water partition coefficient (Wildman–Crippen LogP) is 3.24. The highest BCUT2D eigenvalue weighted by atomic mass is 79.9. The van der Waals surface area contributed by atoms with Crippen molar-refractivity contribution in [3.05, 3.63) is 64.4 Å². The maximum Gasteiger partial charge on any atom is 0.270 e. The second-order valence-corrected chi connectivity index (χ2v) is 6.78. The number of pyridine rings is 1. The quantitative estimate of drug-likeness (QED) is 0.894. The minimum atomic E-state index is -0.0731. The Morgan fingerprint density at radius 3 is 2.74 bits per heavy atom. The van der Waals surface area contributed by atoms with Gasteiger partial charge in [0, 0.05) is 36.3 Å². The molecule has 23 heavy (non-hydrogen) atoms. The lowest BCUT2D eigenvalue weighted by Gasteiger charge is -2.32. The second-order valence-electron chi connectivity index (χ2n) is 5.87. The molecule has 0 bridgehead atoms. The van der Waals surface area contributed by atoms with Crippen LogP contribution in [0, 0.1) is 0 Å². The summed E-state index contributed by atoms with van der Waals surface area (Å²) in [7, 11) is 0. The Kier molecular flexibility index (Phi) is 5.41. The lowest BCUT2D eigenvalue weighted by Crippen LogP contribution is -2.44. The summed E-state index contributed by atoms with van der Waals surface area (Å²) in [6.07, 6.45) is 3.61. The number of carbonyl (C=O) groups excluding carboxylic acids is 1. The maximum atomic E-state index is 12.1. The summed E-state index contributed by atoms with van der Waals surface area (Å²) in [6, 6.07) is 14.1. The Morgan fingerprint density at radius 2 is 2.04 bits per heavy atom. The van der Waals surface area contributed by atoms with Crippen LogP contribution in [0.25, 0.3) is 0 Å². The Balaban J connectivity index is 1.48. The van der Waals surface area contributed by atoms with Gasteiger partial charge in [-0.15, -0.1) is 0 Å². The predicted molar refractivity (Wildman–Crippen MR) is 94.1 cm³/mol. The number of amides is 1. The van der Waals surface area contributed by atoms with Crippen LogP contribution in [0.1, 0.15) is 28.9 Å². The van der Waals surface area contributed by atoms with Crippen LogP contribution in [0.2, 0.25) is 0 Å². The van der Waals surface area contributed by atoms with Crippen LogP contribution in [0.15, 0.2) is 53.1 Å². The molecule has 1 aliphatic heterocycles. The van der Waals surface area contributed by atoms with Crippen molar-refractivity contribution in [2.24, 2.45) is 0 Å². The fourth-order valence-electron chi connectivity index (χ4n) is 2.89. The first-order valence-corrected chi connectivity index (χ1v) is 8.69. The van der Waals surface area contributed by atoms with Crippen LogP contribution in [0.4, 0.5) is 0 Å². The first-order valence-electron chi connectivity index (χ1n) is 7.89. The van der Waals surface area contributed by atoms with Crippen molar-refractivity contribution < 1.29 is 4.79 Å². The molecule has 4 nitrogen and oxygen atoms in total. The molecule has 0 atom stereocenters. The lowest BCUT2D eigenvalue weighted by atomic mass is 10.0. The molecule has 2 heterocycles. The van der Waals surface area contributed by atoms with Gasteiger partial charge in [0.05, 0.1) is 0 Å². The third-order valence-electron chi connectivity index (χ3n) is 4.12. The number of rotatable bonds is 4. The van der Waals surface area contributed by atoms with Crippen molar-refractivity contribution in [3.63, 3.8) is 0 Å². The van der Waals surface area contributed by atoms with E-state index in [9.17, 15) is 4.79 Å². The molecule has 1 N–H and O–H groups in total. The van der Waals surface area contributed by atoms with E-state index >= 15 is 0 Å². The standard InChI is InChI=1S/C18H20BrN3O/c19-15-5-3-4-14(12-15)13-22-10-7-16(8-11-22)21-18(23)17-6-1-2-9-20-17/h1-6,9,12,16H,7-8,10-11,13H2,(H,21,23). The number of hydrogen-bond donors (Lipinski definition) is 1. The summed E-state index contributed by atoms with van der Waals surface area (Å²) in [4.78, 5) is 18.7. The molecule has 0 spiro atoms. The molecule has 120 valence electrons. The minimum Gasteiger partial charge on any atom is -0.348 e. The SMILES string of the molecule is O=C(NC1CCN(Cc2cccc(Br)c2)CC1)c1ccccn1. The molecule has 2 aromatic rings. The molecule has 1 saturated heterocycles. The molecular weight excluding hydrogens is 354 g/mol. The van der Waals surface area contributed by atoms with Crippen molar-refractivity contribution in [3.8, 4) is 0 Å². The fraction of sp³-hybridized carbons (Fsp3) is 0.333. The lowest BCUT2D eigenvalue weighted by molar-refractivity contribution is 0.0904. The van der Waals surface area contributed by atoms with E-state index in [-0.39, 0.29) is 11.9 Å². The number of likely N-dealkylation sites (tertiary alicyclic amines) is 1. The van der Waals surface area contributed by atoms with Gasteiger partial charge in [-0.1, -0.05) is 34.1 Å². The van der Waals surface area contributed by atoms with Crippen LogP contribution >= 0.6 is 15.9 Å². The number of halogens is 1. The zero-order valence-corrected chi connectivity index (χ0v) is 14.5. The first kappa shape index (κ1) is 16.1. The third kappa shape index (κ3) is 4.62. The van der Waals surface area contributed by atoms with Crippen LogP contribution in [-0.4, -0.2) is 34.9 Å². The molecule has 0 aliphatic carbocycles. The molecular formula is C18H20BrN3O. The molecule has 1 aromatic heterocycles. The van der Waals surface area contributed by atoms with Gasteiger partial charge in [0.2, 0.25) is 0 Å². The van der Waals surface area contributed by atoms with Gasteiger partial charge >= 0.3 is 0 Å². The van der Waals surface area contributed by atoms with Crippen molar-refractivity contribution in [2.45, 2.75) is 25.4 Å². The molecule has 0 saturated carbocycles. The molecule has 1 fully saturated rings. The fourth-order valence-corrected chi connectivity index (χ4v) is 3.33. The van der Waals surface area contributed by atoms with Crippen LogP contribution in [0.5, 0.6) is 0 Å². The highest BCUT2D eigenvalue weighted by molar-refractivity contribution is 9.10. The number of nitrogens with one attached hydrogen (secondary N) is 1. The third-order valence-corrected chi connectivity index (χ3v) is 4.61. The Morgan fingerprint density at radius 1 is 1.22 bits per heavy atom. The highest BCUT2D eigenvalue weighted by Gasteiger charge is 2.21. The molecule has 0 radical (unpaired) electrons. The van der Waals surface area contributed by atoms with Gasteiger partial charge in [-0.25, -0.2) is 0 Å². The van der Waals surface area contributed by atoms with Crippen LogP contribution in [-0.2, 0) is 6.54 Å². The average molecular weight is 374 g/mol. The van der Waals surface area contributed by atoms with Gasteiger partial charge in [-0.3, -0.25) is 14.7 Å². The smallest absolute Gasteiger partial charge is 0.270 e. The Hall–Kier alpha value is -1.72. The molecule has 1 amide bonds. The number of nitrogens with zero attached hydrogens (tertiary/aromatic N) is 2. The molecule has 3 rings (SSSR count). The summed E-state index contributed by atoms with van der Waals surface area (Å²) in [5, 5.41) is 3.09. The normalized spacial score (nSPS) is 16.2. The van der Waals surface area contributed by atoms with Crippen molar-refractivity contribution in [1.82, 2.24) is 15.2 Å². The molecule has 1 aromatic carbocycles. The number of benzene rings is 1. The summed E-state index contributed by atoms with van der Waals surface area (Å²) < 4.78 is 1.12. The number of carbonyl (C=O) groups is 1. The zero-order valence-electron chi connectivity index (χ0n) is 12.9. The summed E-state index contributed by atoms with van der Waals surface area (Å²) in [5.74, 6) is -0.0731. The Labute approximate surface area is 145 Å². The topological polar surface area (TPSA) is 45.2 Å². The summed E-state index contributed by atoms with van der Waals surface area (Å²) in [6.45, 7) is 2.96.